The number of hydrogen-bond acceptors (Lipinski definition) is 4. The van der Waals surface area contributed by atoms with Crippen molar-refractivity contribution in [1.29, 1.82) is 0 Å². The van der Waals surface area contributed by atoms with Crippen molar-refractivity contribution in [2.75, 3.05) is 26.2 Å². The molecule has 3 rings (SSSR count). The predicted octanol–water partition coefficient (Wildman–Crippen LogP) is 2.59. The van der Waals surface area contributed by atoms with Crippen molar-refractivity contribution in [2.24, 2.45) is 7.05 Å². The van der Waals surface area contributed by atoms with Gasteiger partial charge in [0.2, 0.25) is 5.91 Å². The van der Waals surface area contributed by atoms with Crippen LogP contribution in [0.25, 0.3) is 0 Å². The summed E-state index contributed by atoms with van der Waals surface area (Å²) in [5, 5.41) is 7.78. The Hall–Kier alpha value is -2.42. The highest BCUT2D eigenvalue weighted by Gasteiger charge is 2.45. The maximum absolute atomic E-state index is 13.6. The maximum Gasteiger partial charge on any atom is 0.408 e. The quantitative estimate of drug-likeness (QED) is 0.755. The third kappa shape index (κ3) is 4.89. The summed E-state index contributed by atoms with van der Waals surface area (Å²) in [6, 6.07) is 6.30. The highest BCUT2D eigenvalue weighted by molar-refractivity contribution is 5.76. The van der Waals surface area contributed by atoms with E-state index in [1.165, 1.54) is 17.0 Å². The monoisotopic (exact) mass is 395 g/mol. The highest BCUT2D eigenvalue weighted by Crippen LogP contribution is 2.38. The van der Waals surface area contributed by atoms with Crippen LogP contribution >= 0.6 is 0 Å². The number of rotatable bonds is 6. The Morgan fingerprint density at radius 3 is 2.39 bits per heavy atom. The van der Waals surface area contributed by atoms with Crippen molar-refractivity contribution in [3.63, 3.8) is 0 Å². The van der Waals surface area contributed by atoms with Crippen molar-refractivity contribution >= 4 is 5.91 Å². The van der Waals surface area contributed by atoms with Gasteiger partial charge in [0.1, 0.15) is 18.2 Å². The van der Waals surface area contributed by atoms with E-state index >= 15 is 0 Å². The number of aryl methyl sites for hydroxylation is 2. The van der Waals surface area contributed by atoms with Gasteiger partial charge in [-0.3, -0.25) is 9.69 Å². The minimum absolute atomic E-state index is 0.0231. The zero-order valence-corrected chi connectivity index (χ0v) is 15.8. The molecular weight excluding hydrogens is 371 g/mol. The molecule has 0 N–H and O–H groups in total. The van der Waals surface area contributed by atoms with Crippen LogP contribution in [0.5, 0.6) is 0 Å². The first kappa shape index (κ1) is 20.3. The first-order chi connectivity index (χ1) is 13.4. The molecule has 1 fully saturated rings. The zero-order valence-electron chi connectivity index (χ0n) is 15.8. The number of nitrogens with zero attached hydrogens (tertiary/aromatic N) is 5. The Morgan fingerprint density at radius 1 is 1.14 bits per heavy atom. The van der Waals surface area contributed by atoms with E-state index in [2.05, 4.69) is 10.2 Å². The van der Waals surface area contributed by atoms with Crippen molar-refractivity contribution in [3.05, 3.63) is 48.0 Å². The average Bonchev–Trinajstić information content (AvgIpc) is 3.07. The van der Waals surface area contributed by atoms with Crippen molar-refractivity contribution in [2.45, 2.75) is 31.5 Å². The van der Waals surface area contributed by atoms with Gasteiger partial charge in [0, 0.05) is 46.1 Å². The fourth-order valence-electron chi connectivity index (χ4n) is 3.56. The van der Waals surface area contributed by atoms with Gasteiger partial charge in [-0.05, 0) is 12.0 Å². The van der Waals surface area contributed by atoms with Crippen LogP contribution in [0.1, 0.15) is 30.3 Å². The van der Waals surface area contributed by atoms with E-state index in [1.807, 2.05) is 11.6 Å². The maximum atomic E-state index is 13.6. The number of halogens is 3. The summed E-state index contributed by atoms with van der Waals surface area (Å²) in [7, 11) is 1.85. The highest BCUT2D eigenvalue weighted by atomic mass is 19.4. The average molecular weight is 395 g/mol. The summed E-state index contributed by atoms with van der Waals surface area (Å²) in [6.45, 7) is 1.02. The molecule has 0 radical (unpaired) electrons. The number of carbonyl (C=O) groups is 1. The van der Waals surface area contributed by atoms with Crippen LogP contribution in [0.3, 0.4) is 0 Å². The summed E-state index contributed by atoms with van der Waals surface area (Å²) in [5.74, 6) is 0.790. The van der Waals surface area contributed by atoms with Crippen LogP contribution in [-0.2, 0) is 18.3 Å². The Labute approximate surface area is 162 Å². The van der Waals surface area contributed by atoms with Gasteiger partial charge in [0.25, 0.3) is 0 Å². The van der Waals surface area contributed by atoms with Crippen LogP contribution in [0.4, 0.5) is 13.2 Å². The Bertz CT molecular complexity index is 769. The second-order valence-electron chi connectivity index (χ2n) is 6.98. The molecule has 1 saturated heterocycles. The molecule has 0 spiro atoms. The van der Waals surface area contributed by atoms with Gasteiger partial charge in [0.05, 0.1) is 0 Å². The van der Waals surface area contributed by atoms with Crippen LogP contribution in [0, 0.1) is 0 Å². The smallest absolute Gasteiger partial charge is 0.340 e. The van der Waals surface area contributed by atoms with Crippen molar-refractivity contribution in [1.82, 2.24) is 24.6 Å². The van der Waals surface area contributed by atoms with Crippen LogP contribution in [-0.4, -0.2) is 62.8 Å². The molecule has 0 aliphatic carbocycles. The first-order valence-corrected chi connectivity index (χ1v) is 9.32. The van der Waals surface area contributed by atoms with Gasteiger partial charge in [-0.15, -0.1) is 10.2 Å². The molecule has 0 saturated carbocycles. The van der Waals surface area contributed by atoms with E-state index in [9.17, 15) is 18.0 Å². The van der Waals surface area contributed by atoms with E-state index in [0.29, 0.717) is 32.4 Å². The molecule has 2 aromatic rings. The zero-order chi connectivity index (χ0) is 20.1. The van der Waals surface area contributed by atoms with Crippen LogP contribution in [0.2, 0.25) is 0 Å². The van der Waals surface area contributed by atoms with Crippen LogP contribution < -0.4 is 0 Å². The standard InChI is InChI=1S/C19H24F3N5O/c1-25-14-23-24-16(25)8-5-9-17(28)26-10-12-27(13-11-26)18(19(20,21)22)15-6-3-2-4-7-15/h2-4,6-7,14,18H,5,8-13H2,1H3. The lowest BCUT2D eigenvalue weighted by molar-refractivity contribution is -0.190. The molecule has 152 valence electrons. The molecule has 1 aliphatic heterocycles. The molecule has 0 bridgehead atoms. The van der Waals surface area contributed by atoms with Crippen LogP contribution in [0.15, 0.2) is 36.7 Å². The van der Waals surface area contributed by atoms with E-state index in [0.717, 1.165) is 5.82 Å². The molecule has 1 amide bonds. The molecule has 1 unspecified atom stereocenters. The Balaban J connectivity index is 1.52. The normalized spacial score (nSPS) is 16.9. The molecule has 1 aliphatic rings. The van der Waals surface area contributed by atoms with E-state index < -0.39 is 12.2 Å². The number of aromatic nitrogens is 3. The third-order valence-corrected chi connectivity index (χ3v) is 5.05. The van der Waals surface area contributed by atoms with Gasteiger partial charge in [-0.1, -0.05) is 30.3 Å². The number of piperazine rings is 1. The molecule has 1 atom stereocenters. The third-order valence-electron chi connectivity index (χ3n) is 5.05. The fraction of sp³-hybridized carbons (Fsp3) is 0.526. The Kier molecular flexibility index (Phi) is 6.33. The topological polar surface area (TPSA) is 54.3 Å². The van der Waals surface area contributed by atoms with Crippen molar-refractivity contribution in [3.8, 4) is 0 Å². The van der Waals surface area contributed by atoms with Gasteiger partial charge >= 0.3 is 6.18 Å². The van der Waals surface area contributed by atoms with E-state index in [4.69, 9.17) is 0 Å². The molecule has 28 heavy (non-hydrogen) atoms. The minimum Gasteiger partial charge on any atom is -0.340 e. The molecule has 2 heterocycles. The van der Waals surface area contributed by atoms with Crippen molar-refractivity contribution < 1.29 is 18.0 Å². The molecule has 6 nitrogen and oxygen atoms in total. The number of alkyl halides is 3. The number of carbonyl (C=O) groups excluding carboxylic acids is 1. The number of hydrogen-bond donors (Lipinski definition) is 0. The van der Waals surface area contributed by atoms with E-state index in [1.54, 1.807) is 29.4 Å². The van der Waals surface area contributed by atoms with Gasteiger partial charge in [0.15, 0.2) is 0 Å². The second-order valence-corrected chi connectivity index (χ2v) is 6.98. The minimum atomic E-state index is -4.36. The van der Waals surface area contributed by atoms with Gasteiger partial charge in [-0.25, -0.2) is 0 Å². The second kappa shape index (κ2) is 8.72. The lowest BCUT2D eigenvalue weighted by Gasteiger charge is -2.40. The van der Waals surface area contributed by atoms with Gasteiger partial charge < -0.3 is 9.47 Å². The number of amides is 1. The fourth-order valence-corrected chi connectivity index (χ4v) is 3.56. The lowest BCUT2D eigenvalue weighted by atomic mass is 10.0. The molecule has 1 aromatic heterocycles. The lowest BCUT2D eigenvalue weighted by Crippen LogP contribution is -2.52. The SMILES string of the molecule is Cn1cnnc1CCCC(=O)N1CCN(C(c2ccccc2)C(F)(F)F)CC1. The molecule has 1 aromatic carbocycles. The first-order valence-electron chi connectivity index (χ1n) is 9.32. The molecule has 9 heteroatoms. The van der Waals surface area contributed by atoms with E-state index in [-0.39, 0.29) is 24.6 Å². The Morgan fingerprint density at radius 2 is 1.82 bits per heavy atom. The summed E-state index contributed by atoms with van der Waals surface area (Å²) in [4.78, 5) is 15.5. The number of benzene rings is 1. The molecular formula is C19H24F3N5O. The summed E-state index contributed by atoms with van der Waals surface area (Å²) < 4.78 is 42.7. The largest absolute Gasteiger partial charge is 0.408 e. The predicted molar refractivity (Wildman–Crippen MR) is 97.3 cm³/mol. The summed E-state index contributed by atoms with van der Waals surface area (Å²) >= 11 is 0. The summed E-state index contributed by atoms with van der Waals surface area (Å²) in [6.07, 6.45) is -1.11. The summed E-state index contributed by atoms with van der Waals surface area (Å²) in [5.41, 5.74) is 0.235. The van der Waals surface area contributed by atoms with Gasteiger partial charge in [-0.2, -0.15) is 13.2 Å².